The molecule has 3 nitrogen and oxygen atoms in total. The fourth-order valence-electron chi connectivity index (χ4n) is 2.60. The second-order valence-corrected chi connectivity index (χ2v) is 5.16. The quantitative estimate of drug-likeness (QED) is 0.736. The van der Waals surface area contributed by atoms with Gasteiger partial charge in [0.1, 0.15) is 5.92 Å². The van der Waals surface area contributed by atoms with Crippen LogP contribution in [0.25, 0.3) is 0 Å². The molecule has 1 fully saturated rings. The number of hydrogen-bond acceptors (Lipinski definition) is 2. The minimum Gasteiger partial charge on any atom is -0.341 e. The van der Waals surface area contributed by atoms with Crippen LogP contribution in [0.15, 0.2) is 0 Å². The smallest absolute Gasteiger partial charge is 0.239 e. The van der Waals surface area contributed by atoms with Crippen LogP contribution in [0.2, 0.25) is 0 Å². The lowest BCUT2D eigenvalue weighted by Crippen LogP contribution is -2.45. The van der Waals surface area contributed by atoms with Crippen LogP contribution in [0, 0.1) is 29.1 Å². The zero-order valence-electron chi connectivity index (χ0n) is 10.6. The third-order valence-corrected chi connectivity index (χ3v) is 3.21. The van der Waals surface area contributed by atoms with Gasteiger partial charge in [0.2, 0.25) is 5.91 Å². The summed E-state index contributed by atoms with van der Waals surface area (Å²) in [6.07, 6.45) is 2.77. The molecule has 0 saturated carbocycles. The number of rotatable bonds is 3. The summed E-state index contributed by atoms with van der Waals surface area (Å²) in [6.45, 7) is 8.02. The van der Waals surface area contributed by atoms with E-state index < -0.39 is 5.92 Å². The normalized spacial score (nSPS) is 27.2. The maximum Gasteiger partial charge on any atom is 0.239 e. The third kappa shape index (κ3) is 3.23. The van der Waals surface area contributed by atoms with E-state index in [1.807, 2.05) is 11.8 Å². The summed E-state index contributed by atoms with van der Waals surface area (Å²) in [4.78, 5) is 14.0. The van der Waals surface area contributed by atoms with E-state index in [1.54, 1.807) is 0 Å². The van der Waals surface area contributed by atoms with Gasteiger partial charge >= 0.3 is 0 Å². The van der Waals surface area contributed by atoms with Crippen LogP contribution >= 0.6 is 0 Å². The van der Waals surface area contributed by atoms with Crippen molar-refractivity contribution in [3.8, 4) is 6.07 Å². The topological polar surface area (TPSA) is 44.1 Å². The molecule has 1 heterocycles. The molecule has 0 aromatic rings. The number of nitriles is 1. The van der Waals surface area contributed by atoms with E-state index in [-0.39, 0.29) is 5.91 Å². The van der Waals surface area contributed by atoms with Crippen molar-refractivity contribution in [3.63, 3.8) is 0 Å². The molecule has 0 spiro atoms. The van der Waals surface area contributed by atoms with Crippen molar-refractivity contribution in [3.05, 3.63) is 0 Å². The predicted octanol–water partition coefficient (Wildman–Crippen LogP) is 2.43. The highest BCUT2D eigenvalue weighted by molar-refractivity contribution is 5.81. The maximum atomic E-state index is 12.1. The predicted molar refractivity (Wildman–Crippen MR) is 63.5 cm³/mol. The van der Waals surface area contributed by atoms with Gasteiger partial charge in [-0.05, 0) is 24.7 Å². The van der Waals surface area contributed by atoms with E-state index in [0.29, 0.717) is 18.3 Å². The summed E-state index contributed by atoms with van der Waals surface area (Å²) in [6, 6.07) is 2.14. The van der Waals surface area contributed by atoms with Gasteiger partial charge in [0, 0.05) is 13.1 Å². The fraction of sp³-hybridized carbons (Fsp3) is 0.846. The highest BCUT2D eigenvalue weighted by atomic mass is 16.2. The monoisotopic (exact) mass is 222 g/mol. The minimum absolute atomic E-state index is 0.0442. The van der Waals surface area contributed by atoms with Crippen LogP contribution < -0.4 is 0 Å². The largest absolute Gasteiger partial charge is 0.341 e. The maximum absolute atomic E-state index is 12.1. The van der Waals surface area contributed by atoms with Crippen LogP contribution in [-0.4, -0.2) is 23.9 Å². The number of piperidine rings is 1. The minimum atomic E-state index is -0.428. The van der Waals surface area contributed by atoms with Gasteiger partial charge in [-0.2, -0.15) is 5.26 Å². The van der Waals surface area contributed by atoms with Gasteiger partial charge in [-0.3, -0.25) is 4.79 Å². The first kappa shape index (κ1) is 13.0. The lowest BCUT2D eigenvalue weighted by Gasteiger charge is -2.35. The summed E-state index contributed by atoms with van der Waals surface area (Å²) in [5, 5.41) is 8.99. The van der Waals surface area contributed by atoms with E-state index in [0.717, 1.165) is 19.5 Å². The second kappa shape index (κ2) is 5.89. The Labute approximate surface area is 98.4 Å². The number of carbonyl (C=O) groups is 1. The Balaban J connectivity index is 2.62. The number of nitrogens with zero attached hydrogens (tertiary/aromatic N) is 2. The molecule has 1 amide bonds. The summed E-state index contributed by atoms with van der Waals surface area (Å²) in [5.74, 6) is 0.743. The molecular weight excluding hydrogens is 200 g/mol. The van der Waals surface area contributed by atoms with E-state index in [2.05, 4.69) is 19.9 Å². The molecule has 3 heteroatoms. The average molecular weight is 222 g/mol. The van der Waals surface area contributed by atoms with Crippen molar-refractivity contribution in [2.24, 2.45) is 17.8 Å². The number of carbonyl (C=O) groups excluding carboxylic acids is 1. The standard InChI is InChI=1S/C13H22N2O/c1-4-5-12(7-14)13(16)15-8-10(2)6-11(3)9-15/h10-12H,4-6,8-9H2,1-3H3. The van der Waals surface area contributed by atoms with Crippen molar-refractivity contribution >= 4 is 5.91 Å². The molecule has 0 aliphatic carbocycles. The van der Waals surface area contributed by atoms with Crippen LogP contribution in [-0.2, 0) is 4.79 Å². The summed E-state index contributed by atoms with van der Waals surface area (Å²) in [5.41, 5.74) is 0. The molecule has 3 unspecified atom stereocenters. The zero-order valence-corrected chi connectivity index (χ0v) is 10.6. The van der Waals surface area contributed by atoms with E-state index >= 15 is 0 Å². The SMILES string of the molecule is CCCC(C#N)C(=O)N1CC(C)CC(C)C1. The molecule has 0 aromatic carbocycles. The lowest BCUT2D eigenvalue weighted by molar-refractivity contribution is -0.136. The second-order valence-electron chi connectivity index (χ2n) is 5.16. The van der Waals surface area contributed by atoms with Crippen molar-refractivity contribution in [1.82, 2.24) is 4.90 Å². The van der Waals surface area contributed by atoms with Crippen molar-refractivity contribution in [1.29, 1.82) is 5.26 Å². The summed E-state index contributed by atoms with van der Waals surface area (Å²) in [7, 11) is 0. The van der Waals surface area contributed by atoms with Gasteiger partial charge in [-0.15, -0.1) is 0 Å². The molecule has 1 aliphatic heterocycles. The highest BCUT2D eigenvalue weighted by Crippen LogP contribution is 2.23. The Morgan fingerprint density at radius 1 is 1.44 bits per heavy atom. The Morgan fingerprint density at radius 2 is 2.00 bits per heavy atom. The molecule has 16 heavy (non-hydrogen) atoms. The van der Waals surface area contributed by atoms with Gasteiger partial charge in [0.05, 0.1) is 6.07 Å². The van der Waals surface area contributed by atoms with Gasteiger partial charge in [-0.1, -0.05) is 27.2 Å². The molecule has 1 rings (SSSR count). The van der Waals surface area contributed by atoms with Gasteiger partial charge in [0.15, 0.2) is 0 Å². The molecule has 0 bridgehead atoms. The molecule has 0 aromatic heterocycles. The van der Waals surface area contributed by atoms with Crippen LogP contribution in [0.5, 0.6) is 0 Å². The van der Waals surface area contributed by atoms with Gasteiger partial charge in [-0.25, -0.2) is 0 Å². The Morgan fingerprint density at radius 3 is 2.44 bits per heavy atom. The Bertz CT molecular complexity index is 272. The molecule has 0 radical (unpaired) electrons. The van der Waals surface area contributed by atoms with Crippen molar-refractivity contribution in [2.75, 3.05) is 13.1 Å². The summed E-state index contributed by atoms with van der Waals surface area (Å²) >= 11 is 0. The number of likely N-dealkylation sites (tertiary alicyclic amines) is 1. The fourth-order valence-corrected chi connectivity index (χ4v) is 2.60. The number of amides is 1. The lowest BCUT2D eigenvalue weighted by atomic mass is 9.90. The molecule has 90 valence electrons. The molecule has 1 aliphatic rings. The Kier molecular flexibility index (Phi) is 4.79. The highest BCUT2D eigenvalue weighted by Gasteiger charge is 2.29. The van der Waals surface area contributed by atoms with Crippen molar-refractivity contribution < 1.29 is 4.79 Å². The third-order valence-electron chi connectivity index (χ3n) is 3.21. The van der Waals surface area contributed by atoms with Gasteiger partial charge in [0.25, 0.3) is 0 Å². The molecule has 0 N–H and O–H groups in total. The Hall–Kier alpha value is -1.04. The average Bonchev–Trinajstić information content (AvgIpc) is 2.23. The van der Waals surface area contributed by atoms with E-state index in [9.17, 15) is 4.79 Å². The summed E-state index contributed by atoms with van der Waals surface area (Å²) < 4.78 is 0. The molecular formula is C13H22N2O. The first-order chi connectivity index (χ1) is 7.58. The molecule has 1 saturated heterocycles. The van der Waals surface area contributed by atoms with Crippen LogP contribution in [0.3, 0.4) is 0 Å². The van der Waals surface area contributed by atoms with Crippen LogP contribution in [0.1, 0.15) is 40.0 Å². The zero-order chi connectivity index (χ0) is 12.1. The van der Waals surface area contributed by atoms with Crippen molar-refractivity contribution in [2.45, 2.75) is 40.0 Å². The number of hydrogen-bond donors (Lipinski definition) is 0. The van der Waals surface area contributed by atoms with Crippen LogP contribution in [0.4, 0.5) is 0 Å². The first-order valence-corrected chi connectivity index (χ1v) is 6.26. The van der Waals surface area contributed by atoms with E-state index in [1.165, 1.54) is 6.42 Å². The molecule has 3 atom stereocenters. The van der Waals surface area contributed by atoms with E-state index in [4.69, 9.17) is 5.26 Å². The first-order valence-electron chi connectivity index (χ1n) is 6.26. The van der Waals surface area contributed by atoms with Gasteiger partial charge < -0.3 is 4.90 Å².